The molecule has 0 spiro atoms. The maximum absolute atomic E-state index is 5.43. The number of rotatable bonds is 4. The number of ether oxygens (including phenoxy) is 1. The standard InChI is InChI=1S/C17H23N3OS/c1-2-6-16-14(4-1)18-17(22-16)15-5-3-7-20(15)9-8-19-10-12-21-13-11-19/h1-2,4,6,15H,3,5,7-13H2/t15-/m0/s1. The van der Waals surface area contributed by atoms with E-state index in [0.717, 1.165) is 44.9 Å². The van der Waals surface area contributed by atoms with Crippen LogP contribution in [0.5, 0.6) is 0 Å². The lowest BCUT2D eigenvalue weighted by atomic mass is 10.2. The fourth-order valence-electron chi connectivity index (χ4n) is 3.50. The number of morpholine rings is 1. The number of benzene rings is 1. The summed E-state index contributed by atoms with van der Waals surface area (Å²) in [5.74, 6) is 0. The Hall–Kier alpha value is -1.01. The Kier molecular flexibility index (Phi) is 4.39. The Bertz CT molecular complexity index is 590. The molecule has 0 N–H and O–H groups in total. The summed E-state index contributed by atoms with van der Waals surface area (Å²) < 4.78 is 6.75. The number of para-hydroxylation sites is 1. The predicted molar refractivity (Wildman–Crippen MR) is 90.4 cm³/mol. The first-order valence-electron chi connectivity index (χ1n) is 8.30. The molecule has 2 aliphatic rings. The molecule has 3 heterocycles. The molecule has 1 atom stereocenters. The van der Waals surface area contributed by atoms with Crippen molar-refractivity contribution in [1.82, 2.24) is 14.8 Å². The molecular formula is C17H23N3OS. The molecule has 0 radical (unpaired) electrons. The van der Waals surface area contributed by atoms with E-state index in [-0.39, 0.29) is 0 Å². The number of nitrogens with zero attached hydrogens (tertiary/aromatic N) is 3. The first-order valence-corrected chi connectivity index (χ1v) is 9.11. The maximum atomic E-state index is 5.43. The summed E-state index contributed by atoms with van der Waals surface area (Å²) in [4.78, 5) is 10.0. The van der Waals surface area contributed by atoms with Crippen LogP contribution in [0.4, 0.5) is 0 Å². The van der Waals surface area contributed by atoms with Gasteiger partial charge in [-0.2, -0.15) is 0 Å². The summed E-state index contributed by atoms with van der Waals surface area (Å²) in [6, 6.07) is 9.02. The van der Waals surface area contributed by atoms with Gasteiger partial charge in [0.15, 0.2) is 0 Å². The van der Waals surface area contributed by atoms with Gasteiger partial charge in [-0.25, -0.2) is 4.98 Å². The van der Waals surface area contributed by atoms with Crippen LogP contribution in [-0.4, -0.2) is 60.7 Å². The van der Waals surface area contributed by atoms with E-state index >= 15 is 0 Å². The Morgan fingerprint density at radius 2 is 2.00 bits per heavy atom. The van der Waals surface area contributed by atoms with Gasteiger partial charge in [0.1, 0.15) is 5.01 Å². The number of hydrogen-bond donors (Lipinski definition) is 0. The van der Waals surface area contributed by atoms with Crippen LogP contribution >= 0.6 is 11.3 Å². The first kappa shape index (κ1) is 14.6. The molecule has 1 aromatic heterocycles. The average molecular weight is 317 g/mol. The van der Waals surface area contributed by atoms with Crippen molar-refractivity contribution in [1.29, 1.82) is 0 Å². The van der Waals surface area contributed by atoms with Gasteiger partial charge in [0, 0.05) is 26.2 Å². The summed E-state index contributed by atoms with van der Waals surface area (Å²) in [5.41, 5.74) is 1.16. The smallest absolute Gasteiger partial charge is 0.111 e. The molecule has 0 bridgehead atoms. The lowest BCUT2D eigenvalue weighted by molar-refractivity contribution is 0.0327. The molecule has 4 rings (SSSR count). The summed E-state index contributed by atoms with van der Waals surface area (Å²) in [6.45, 7) is 7.47. The van der Waals surface area contributed by atoms with Gasteiger partial charge in [-0.3, -0.25) is 9.80 Å². The SMILES string of the molecule is c1ccc2sc([C@@H]3CCCN3CCN3CCOCC3)nc2c1. The molecular weight excluding hydrogens is 294 g/mol. The summed E-state index contributed by atoms with van der Waals surface area (Å²) in [6.07, 6.45) is 2.55. The quantitative estimate of drug-likeness (QED) is 0.867. The second-order valence-electron chi connectivity index (χ2n) is 6.17. The second-order valence-corrected chi connectivity index (χ2v) is 7.23. The fourth-order valence-corrected chi connectivity index (χ4v) is 4.64. The Morgan fingerprint density at radius 1 is 1.14 bits per heavy atom. The third-order valence-electron chi connectivity index (χ3n) is 4.77. The molecule has 2 aliphatic heterocycles. The van der Waals surface area contributed by atoms with Gasteiger partial charge >= 0.3 is 0 Å². The monoisotopic (exact) mass is 317 g/mol. The van der Waals surface area contributed by atoms with Gasteiger partial charge in [0.25, 0.3) is 0 Å². The van der Waals surface area contributed by atoms with Gasteiger partial charge < -0.3 is 4.74 Å². The van der Waals surface area contributed by atoms with Crippen LogP contribution < -0.4 is 0 Å². The molecule has 2 fully saturated rings. The molecule has 1 aromatic carbocycles. The Labute approximate surface area is 135 Å². The second kappa shape index (κ2) is 6.62. The number of likely N-dealkylation sites (tertiary alicyclic amines) is 1. The minimum Gasteiger partial charge on any atom is -0.379 e. The van der Waals surface area contributed by atoms with Crippen molar-refractivity contribution in [3.05, 3.63) is 29.3 Å². The van der Waals surface area contributed by atoms with E-state index < -0.39 is 0 Å². The highest BCUT2D eigenvalue weighted by molar-refractivity contribution is 7.18. The van der Waals surface area contributed by atoms with Gasteiger partial charge in [0.2, 0.25) is 0 Å². The van der Waals surface area contributed by atoms with Crippen molar-refractivity contribution >= 4 is 21.6 Å². The molecule has 5 heteroatoms. The summed E-state index contributed by atoms with van der Waals surface area (Å²) in [5, 5.41) is 1.31. The summed E-state index contributed by atoms with van der Waals surface area (Å²) >= 11 is 1.87. The largest absolute Gasteiger partial charge is 0.379 e. The van der Waals surface area contributed by atoms with Crippen molar-refractivity contribution in [2.24, 2.45) is 0 Å². The van der Waals surface area contributed by atoms with Crippen molar-refractivity contribution in [3.63, 3.8) is 0 Å². The number of hydrogen-bond acceptors (Lipinski definition) is 5. The number of aromatic nitrogens is 1. The molecule has 0 saturated carbocycles. The molecule has 0 amide bonds. The first-order chi connectivity index (χ1) is 10.9. The minimum absolute atomic E-state index is 0.526. The topological polar surface area (TPSA) is 28.6 Å². The van der Waals surface area contributed by atoms with Crippen molar-refractivity contribution < 1.29 is 4.74 Å². The average Bonchev–Trinajstić information content (AvgIpc) is 3.20. The Balaban J connectivity index is 1.43. The molecule has 2 saturated heterocycles. The molecule has 4 nitrogen and oxygen atoms in total. The van der Waals surface area contributed by atoms with E-state index in [1.54, 1.807) is 0 Å². The van der Waals surface area contributed by atoms with E-state index in [0.29, 0.717) is 6.04 Å². The van der Waals surface area contributed by atoms with Gasteiger partial charge in [-0.1, -0.05) is 12.1 Å². The molecule has 0 unspecified atom stereocenters. The minimum atomic E-state index is 0.526. The van der Waals surface area contributed by atoms with Gasteiger partial charge in [-0.05, 0) is 31.5 Å². The number of fused-ring (bicyclic) bond motifs is 1. The predicted octanol–water partition coefficient (Wildman–Crippen LogP) is 2.77. The molecule has 118 valence electrons. The van der Waals surface area contributed by atoms with Crippen LogP contribution in [0.2, 0.25) is 0 Å². The van der Waals surface area contributed by atoms with Crippen LogP contribution in [0.15, 0.2) is 24.3 Å². The Morgan fingerprint density at radius 3 is 2.86 bits per heavy atom. The zero-order chi connectivity index (χ0) is 14.8. The van der Waals surface area contributed by atoms with E-state index in [1.807, 2.05) is 11.3 Å². The third kappa shape index (κ3) is 3.04. The highest BCUT2D eigenvalue weighted by Crippen LogP contribution is 2.36. The van der Waals surface area contributed by atoms with E-state index in [4.69, 9.17) is 9.72 Å². The zero-order valence-electron chi connectivity index (χ0n) is 12.9. The van der Waals surface area contributed by atoms with Crippen LogP contribution in [0.3, 0.4) is 0 Å². The van der Waals surface area contributed by atoms with Crippen LogP contribution in [0.25, 0.3) is 10.2 Å². The van der Waals surface area contributed by atoms with Crippen molar-refractivity contribution in [2.45, 2.75) is 18.9 Å². The summed E-state index contributed by atoms with van der Waals surface area (Å²) in [7, 11) is 0. The highest BCUT2D eigenvalue weighted by atomic mass is 32.1. The van der Waals surface area contributed by atoms with Crippen LogP contribution in [0, 0.1) is 0 Å². The molecule has 22 heavy (non-hydrogen) atoms. The van der Waals surface area contributed by atoms with Gasteiger partial charge in [-0.15, -0.1) is 11.3 Å². The van der Waals surface area contributed by atoms with Crippen LogP contribution in [-0.2, 0) is 4.74 Å². The van der Waals surface area contributed by atoms with E-state index in [9.17, 15) is 0 Å². The highest BCUT2D eigenvalue weighted by Gasteiger charge is 2.28. The van der Waals surface area contributed by atoms with Crippen LogP contribution in [0.1, 0.15) is 23.9 Å². The van der Waals surface area contributed by atoms with E-state index in [1.165, 1.54) is 29.1 Å². The third-order valence-corrected chi connectivity index (χ3v) is 5.90. The normalized spacial score (nSPS) is 24.3. The number of thiazole rings is 1. The lowest BCUT2D eigenvalue weighted by Crippen LogP contribution is -2.41. The molecule has 0 aliphatic carbocycles. The van der Waals surface area contributed by atoms with Crippen molar-refractivity contribution in [3.8, 4) is 0 Å². The lowest BCUT2D eigenvalue weighted by Gasteiger charge is -2.30. The van der Waals surface area contributed by atoms with Gasteiger partial charge in [0.05, 0.1) is 29.5 Å². The van der Waals surface area contributed by atoms with Crippen molar-refractivity contribution in [2.75, 3.05) is 45.9 Å². The maximum Gasteiger partial charge on any atom is 0.111 e. The zero-order valence-corrected chi connectivity index (χ0v) is 13.7. The fraction of sp³-hybridized carbons (Fsp3) is 0.588. The van der Waals surface area contributed by atoms with E-state index in [2.05, 4.69) is 34.1 Å². The molecule has 2 aromatic rings.